The van der Waals surface area contributed by atoms with E-state index in [1.165, 1.54) is 53.9 Å². The maximum atomic E-state index is 15.3. The standard InChI is InChI=1S/C30H29Cl2F5N6O4/c1-29(2,46-23-19(34)10-15(31)11-20(23)35)27(44)42-40-25(38-5)14-7-8-17(18(33)9-14)26(39-6)41-43-28(45)30(3,4)47-24-21(36)12-16(32)13-22(24)37/h7-13H,1-6H3,(H,38,40)(H,39,41)(H,42,44)(H,43,45). The number of nitrogens with one attached hydrogen (secondary N) is 4. The maximum Gasteiger partial charge on any atom is 0.281 e. The number of benzene rings is 3. The lowest BCUT2D eigenvalue weighted by molar-refractivity contribution is -0.135. The molecule has 0 spiro atoms. The fraction of sp³-hybridized carbons (Fsp3) is 0.267. The van der Waals surface area contributed by atoms with Gasteiger partial charge in [-0.15, -0.1) is 0 Å². The lowest BCUT2D eigenvalue weighted by atomic mass is 10.1. The van der Waals surface area contributed by atoms with Crippen molar-refractivity contribution in [2.24, 2.45) is 9.98 Å². The topological polar surface area (TPSA) is 125 Å². The van der Waals surface area contributed by atoms with Gasteiger partial charge in [-0.05, 0) is 64.1 Å². The van der Waals surface area contributed by atoms with Crippen LogP contribution in [0.1, 0.15) is 38.8 Å². The smallest absolute Gasteiger partial charge is 0.281 e. The molecule has 0 atom stereocenters. The van der Waals surface area contributed by atoms with Crippen molar-refractivity contribution in [1.29, 1.82) is 0 Å². The first-order valence-electron chi connectivity index (χ1n) is 13.4. The zero-order chi connectivity index (χ0) is 35.3. The number of halogens is 7. The van der Waals surface area contributed by atoms with Crippen LogP contribution in [0.3, 0.4) is 0 Å². The molecule has 3 aromatic carbocycles. The first-order chi connectivity index (χ1) is 21.9. The number of aliphatic imine (C=N–C) groups is 2. The molecule has 47 heavy (non-hydrogen) atoms. The summed E-state index contributed by atoms with van der Waals surface area (Å²) in [6.45, 7) is 5.00. The number of hydrogen-bond donors (Lipinski definition) is 4. The number of hydrazine groups is 2. The van der Waals surface area contributed by atoms with Crippen molar-refractivity contribution >= 4 is 46.7 Å². The zero-order valence-corrected chi connectivity index (χ0v) is 27.2. The molecule has 0 aromatic heterocycles. The molecule has 17 heteroatoms. The Kier molecular flexibility index (Phi) is 11.6. The average molecular weight is 703 g/mol. The van der Waals surface area contributed by atoms with E-state index in [4.69, 9.17) is 32.7 Å². The van der Waals surface area contributed by atoms with E-state index in [9.17, 15) is 27.2 Å². The van der Waals surface area contributed by atoms with Gasteiger partial charge in [0.15, 0.2) is 46.0 Å². The first kappa shape index (κ1) is 36.8. The van der Waals surface area contributed by atoms with Gasteiger partial charge < -0.3 is 9.47 Å². The molecule has 0 aliphatic carbocycles. The van der Waals surface area contributed by atoms with E-state index in [1.54, 1.807) is 0 Å². The minimum Gasteiger partial charge on any atom is -0.472 e. The molecule has 0 heterocycles. The monoisotopic (exact) mass is 702 g/mol. The molecule has 252 valence electrons. The third-order valence-corrected chi connectivity index (χ3v) is 6.70. The van der Waals surface area contributed by atoms with Crippen molar-refractivity contribution in [2.45, 2.75) is 38.9 Å². The number of amides is 2. The maximum absolute atomic E-state index is 15.3. The van der Waals surface area contributed by atoms with E-state index in [0.29, 0.717) is 0 Å². The van der Waals surface area contributed by atoms with Crippen LogP contribution < -0.4 is 31.2 Å². The molecule has 0 saturated carbocycles. The summed E-state index contributed by atoms with van der Waals surface area (Å²) in [6, 6.07) is 7.04. The Labute approximate surface area is 276 Å². The van der Waals surface area contributed by atoms with Gasteiger partial charge in [0.1, 0.15) is 17.5 Å². The molecule has 0 aliphatic rings. The van der Waals surface area contributed by atoms with Crippen molar-refractivity contribution in [2.75, 3.05) is 14.1 Å². The summed E-state index contributed by atoms with van der Waals surface area (Å²) in [4.78, 5) is 33.5. The normalized spacial score (nSPS) is 12.4. The highest BCUT2D eigenvalue weighted by atomic mass is 35.5. The quantitative estimate of drug-likeness (QED) is 0.108. The fourth-order valence-corrected chi connectivity index (χ4v) is 4.13. The second kappa shape index (κ2) is 14.9. The molecule has 0 fully saturated rings. The predicted molar refractivity (Wildman–Crippen MR) is 166 cm³/mol. The van der Waals surface area contributed by atoms with Gasteiger partial charge in [-0.3, -0.25) is 41.3 Å². The van der Waals surface area contributed by atoms with Crippen LogP contribution in [0.4, 0.5) is 22.0 Å². The van der Waals surface area contributed by atoms with E-state index in [1.807, 2.05) is 0 Å². The minimum absolute atomic E-state index is 0.0136. The van der Waals surface area contributed by atoms with E-state index in [2.05, 4.69) is 31.7 Å². The Bertz CT molecular complexity index is 1710. The molecule has 4 N–H and O–H groups in total. The van der Waals surface area contributed by atoms with Crippen molar-refractivity contribution in [3.05, 3.63) is 92.7 Å². The van der Waals surface area contributed by atoms with Gasteiger partial charge in [0.2, 0.25) is 0 Å². The van der Waals surface area contributed by atoms with Crippen LogP contribution in [0.25, 0.3) is 0 Å². The largest absolute Gasteiger partial charge is 0.472 e. The van der Waals surface area contributed by atoms with Crippen molar-refractivity contribution in [1.82, 2.24) is 21.7 Å². The van der Waals surface area contributed by atoms with Crippen LogP contribution in [-0.2, 0) is 9.59 Å². The van der Waals surface area contributed by atoms with Gasteiger partial charge in [-0.1, -0.05) is 29.3 Å². The number of carbonyl (C=O) groups is 2. The Balaban J connectivity index is 1.67. The summed E-state index contributed by atoms with van der Waals surface area (Å²) >= 11 is 11.2. The third-order valence-electron chi connectivity index (χ3n) is 6.27. The van der Waals surface area contributed by atoms with E-state index in [0.717, 1.165) is 30.3 Å². The van der Waals surface area contributed by atoms with Crippen LogP contribution in [0.15, 0.2) is 52.4 Å². The summed E-state index contributed by atoms with van der Waals surface area (Å²) in [7, 11) is 2.66. The summed E-state index contributed by atoms with van der Waals surface area (Å²) in [6.07, 6.45) is 0. The van der Waals surface area contributed by atoms with Crippen LogP contribution in [0, 0.1) is 29.1 Å². The van der Waals surface area contributed by atoms with Crippen molar-refractivity contribution in [3.63, 3.8) is 0 Å². The molecule has 10 nitrogen and oxygen atoms in total. The van der Waals surface area contributed by atoms with Crippen LogP contribution in [0.5, 0.6) is 11.5 Å². The number of ether oxygens (including phenoxy) is 2. The van der Waals surface area contributed by atoms with Gasteiger partial charge >= 0.3 is 0 Å². The Morgan fingerprint density at radius 3 is 1.36 bits per heavy atom. The average Bonchev–Trinajstić information content (AvgIpc) is 2.98. The van der Waals surface area contributed by atoms with E-state index in [-0.39, 0.29) is 32.8 Å². The van der Waals surface area contributed by atoms with E-state index >= 15 is 4.39 Å². The molecule has 0 aliphatic heterocycles. The number of hydrogen-bond acceptors (Lipinski definition) is 6. The molecular formula is C30H29Cl2F5N6O4. The molecule has 0 unspecified atom stereocenters. The van der Waals surface area contributed by atoms with Gasteiger partial charge in [0.05, 0.1) is 5.56 Å². The van der Waals surface area contributed by atoms with Crippen LogP contribution in [-0.4, -0.2) is 48.8 Å². The Morgan fingerprint density at radius 1 is 0.617 bits per heavy atom. The number of carbonyl (C=O) groups excluding carboxylic acids is 2. The molecule has 3 aromatic rings. The van der Waals surface area contributed by atoms with Gasteiger partial charge in [0.25, 0.3) is 11.8 Å². The number of rotatable bonds is 8. The van der Waals surface area contributed by atoms with Crippen molar-refractivity contribution in [3.8, 4) is 11.5 Å². The summed E-state index contributed by atoms with van der Waals surface area (Å²) in [5.41, 5.74) is 5.96. The molecule has 2 amide bonds. The number of amidine groups is 2. The second-order valence-corrected chi connectivity index (χ2v) is 11.5. The van der Waals surface area contributed by atoms with Gasteiger partial charge in [-0.25, -0.2) is 22.0 Å². The summed E-state index contributed by atoms with van der Waals surface area (Å²) < 4.78 is 82.5. The van der Waals surface area contributed by atoms with Gasteiger partial charge in [-0.2, -0.15) is 0 Å². The highest BCUT2D eigenvalue weighted by molar-refractivity contribution is 6.30. The Morgan fingerprint density at radius 2 is 1.00 bits per heavy atom. The summed E-state index contributed by atoms with van der Waals surface area (Å²) in [5, 5.41) is -0.402. The lowest BCUT2D eigenvalue weighted by Crippen LogP contribution is -2.53. The molecule has 0 saturated heterocycles. The van der Waals surface area contributed by atoms with Crippen LogP contribution in [0.2, 0.25) is 10.0 Å². The summed E-state index contributed by atoms with van der Waals surface area (Å²) in [5.74, 6) is -8.83. The number of nitrogens with zero attached hydrogens (tertiary/aromatic N) is 2. The highest BCUT2D eigenvalue weighted by Crippen LogP contribution is 2.30. The molecular weight excluding hydrogens is 674 g/mol. The second-order valence-electron chi connectivity index (χ2n) is 10.6. The third kappa shape index (κ3) is 9.01. The zero-order valence-electron chi connectivity index (χ0n) is 25.7. The minimum atomic E-state index is -1.82. The highest BCUT2D eigenvalue weighted by Gasteiger charge is 2.34. The van der Waals surface area contributed by atoms with Crippen molar-refractivity contribution < 1.29 is 41.0 Å². The lowest BCUT2D eigenvalue weighted by Gasteiger charge is -2.26. The van der Waals surface area contributed by atoms with Gasteiger partial charge in [0, 0.05) is 29.7 Å². The first-order valence-corrected chi connectivity index (χ1v) is 14.2. The van der Waals surface area contributed by atoms with E-state index < -0.39 is 63.6 Å². The molecule has 0 bridgehead atoms. The molecule has 3 rings (SSSR count). The Hall–Kier alpha value is -4.63. The molecule has 0 radical (unpaired) electrons. The predicted octanol–water partition coefficient (Wildman–Crippen LogP) is 5.40. The van der Waals surface area contributed by atoms with Crippen LogP contribution >= 0.6 is 23.2 Å². The fourth-order valence-electron chi connectivity index (χ4n) is 3.74. The SMILES string of the molecule is CN=C(NNC(=O)C(C)(C)Oc1c(F)cc(Cl)cc1F)c1ccc(C(=NC)NNC(=O)C(C)(C)Oc2c(F)cc(Cl)cc2F)c(F)c1.